The maximum absolute atomic E-state index is 12.0. The van der Waals surface area contributed by atoms with Crippen molar-refractivity contribution in [2.45, 2.75) is 39.2 Å². The van der Waals surface area contributed by atoms with E-state index in [1.54, 1.807) is 0 Å². The second-order valence-corrected chi connectivity index (χ2v) is 8.32. The van der Waals surface area contributed by atoms with Gasteiger partial charge in [0.2, 0.25) is 0 Å². The summed E-state index contributed by atoms with van der Waals surface area (Å²) >= 11 is 0. The smallest absolute Gasteiger partial charge is 0.154 e. The minimum Gasteiger partial charge on any atom is -0.392 e. The van der Waals surface area contributed by atoms with Crippen molar-refractivity contribution in [1.29, 1.82) is 0 Å². The summed E-state index contributed by atoms with van der Waals surface area (Å²) in [6.45, 7) is 7.72. The first-order valence-electron chi connectivity index (χ1n) is 6.24. The molecule has 0 spiro atoms. The van der Waals surface area contributed by atoms with Crippen molar-refractivity contribution in [3.8, 4) is 0 Å². The van der Waals surface area contributed by atoms with Crippen LogP contribution in [-0.4, -0.2) is 31.1 Å². The summed E-state index contributed by atoms with van der Waals surface area (Å²) in [5.74, 6) is 0.593. The Bertz CT molecular complexity index is 424. The Morgan fingerprint density at radius 3 is 2.53 bits per heavy atom. The molecule has 0 unspecified atom stereocenters. The Balaban J connectivity index is 2.32. The van der Waals surface area contributed by atoms with E-state index < -0.39 is 21.4 Å². The van der Waals surface area contributed by atoms with Gasteiger partial charge in [-0.1, -0.05) is 19.9 Å². The Kier molecular flexibility index (Phi) is 2.94. The van der Waals surface area contributed by atoms with Gasteiger partial charge in [0.1, 0.15) is 0 Å². The predicted molar refractivity (Wildman–Crippen MR) is 68.4 cm³/mol. The van der Waals surface area contributed by atoms with Gasteiger partial charge in [-0.2, -0.15) is 0 Å². The molecule has 0 heterocycles. The van der Waals surface area contributed by atoms with E-state index in [-0.39, 0.29) is 16.9 Å². The Morgan fingerprint density at radius 2 is 2.12 bits per heavy atom. The van der Waals surface area contributed by atoms with Gasteiger partial charge in [0.25, 0.3) is 0 Å². The molecule has 0 saturated heterocycles. The molecule has 4 heteroatoms. The van der Waals surface area contributed by atoms with Crippen LogP contribution in [0.2, 0.25) is 0 Å². The molecule has 2 rings (SSSR count). The number of hydrogen-bond donors (Lipinski definition) is 1. The van der Waals surface area contributed by atoms with Gasteiger partial charge in [-0.25, -0.2) is 8.42 Å². The highest BCUT2D eigenvalue weighted by Crippen LogP contribution is 2.66. The van der Waals surface area contributed by atoms with Gasteiger partial charge in [0, 0.05) is 5.41 Å². The lowest BCUT2D eigenvalue weighted by molar-refractivity contribution is 0.0154. The van der Waals surface area contributed by atoms with Gasteiger partial charge in [0.05, 0.1) is 17.6 Å². The van der Waals surface area contributed by atoms with Crippen molar-refractivity contribution >= 4 is 9.84 Å². The fraction of sp³-hybridized carbons (Fsp3) is 0.846. The standard InChI is InChI=1S/C13H22O3S/c1-4-7-17(15,16)9-13-6-5-10(8-11(13)14)12(13,2)3/h4,10-11,14H,1,5-9H2,2-3H3/t10-,11-,13-/m1/s1. The Labute approximate surface area is 104 Å². The first-order valence-corrected chi connectivity index (χ1v) is 8.07. The van der Waals surface area contributed by atoms with E-state index in [0.717, 1.165) is 19.3 Å². The molecule has 2 saturated carbocycles. The molecule has 2 aliphatic rings. The molecule has 0 aliphatic heterocycles. The maximum Gasteiger partial charge on any atom is 0.154 e. The molecule has 2 fully saturated rings. The summed E-state index contributed by atoms with van der Waals surface area (Å²) in [4.78, 5) is 0. The van der Waals surface area contributed by atoms with Gasteiger partial charge >= 0.3 is 0 Å². The van der Waals surface area contributed by atoms with Gasteiger partial charge in [-0.3, -0.25) is 0 Å². The zero-order valence-corrected chi connectivity index (χ0v) is 11.5. The third-order valence-corrected chi connectivity index (χ3v) is 6.94. The molecular weight excluding hydrogens is 236 g/mol. The average molecular weight is 258 g/mol. The molecule has 2 bridgehead atoms. The lowest BCUT2D eigenvalue weighted by Gasteiger charge is -2.40. The molecule has 0 aromatic rings. The van der Waals surface area contributed by atoms with E-state index in [1.165, 1.54) is 6.08 Å². The third-order valence-electron chi connectivity index (χ3n) is 5.24. The molecule has 0 radical (unpaired) electrons. The van der Waals surface area contributed by atoms with E-state index in [0.29, 0.717) is 5.92 Å². The molecule has 0 amide bonds. The van der Waals surface area contributed by atoms with Crippen LogP contribution in [0.1, 0.15) is 33.1 Å². The fourth-order valence-corrected chi connectivity index (χ4v) is 5.98. The molecule has 2 aliphatic carbocycles. The van der Waals surface area contributed by atoms with Gasteiger partial charge in [-0.05, 0) is 30.6 Å². The first kappa shape index (κ1) is 13.1. The monoisotopic (exact) mass is 258 g/mol. The summed E-state index contributed by atoms with van der Waals surface area (Å²) < 4.78 is 24.0. The van der Waals surface area contributed by atoms with E-state index in [2.05, 4.69) is 20.4 Å². The van der Waals surface area contributed by atoms with E-state index in [4.69, 9.17) is 0 Å². The quantitative estimate of drug-likeness (QED) is 0.782. The largest absolute Gasteiger partial charge is 0.392 e. The Morgan fingerprint density at radius 1 is 1.47 bits per heavy atom. The van der Waals surface area contributed by atoms with Crippen LogP contribution in [0.5, 0.6) is 0 Å². The van der Waals surface area contributed by atoms with Crippen LogP contribution in [0.3, 0.4) is 0 Å². The van der Waals surface area contributed by atoms with Crippen LogP contribution in [0.25, 0.3) is 0 Å². The highest BCUT2D eigenvalue weighted by molar-refractivity contribution is 7.91. The molecule has 1 N–H and O–H groups in total. The average Bonchev–Trinajstić information content (AvgIpc) is 2.50. The van der Waals surface area contributed by atoms with Crippen LogP contribution in [0.4, 0.5) is 0 Å². The molecular formula is C13H22O3S. The van der Waals surface area contributed by atoms with Crippen LogP contribution in [-0.2, 0) is 9.84 Å². The lowest BCUT2D eigenvalue weighted by Crippen LogP contribution is -2.44. The number of hydrogen-bond acceptors (Lipinski definition) is 3. The van der Waals surface area contributed by atoms with Crippen LogP contribution in [0, 0.1) is 16.7 Å². The normalized spacial score (nSPS) is 39.5. The van der Waals surface area contributed by atoms with Crippen molar-refractivity contribution in [2.75, 3.05) is 11.5 Å². The molecule has 3 nitrogen and oxygen atoms in total. The molecule has 0 aromatic carbocycles. The highest BCUT2D eigenvalue weighted by Gasteiger charge is 2.64. The van der Waals surface area contributed by atoms with Crippen LogP contribution in [0.15, 0.2) is 12.7 Å². The minimum absolute atomic E-state index is 0.0161. The second kappa shape index (κ2) is 3.82. The van der Waals surface area contributed by atoms with Gasteiger partial charge in [-0.15, -0.1) is 6.58 Å². The summed E-state index contributed by atoms with van der Waals surface area (Å²) in [5.41, 5.74) is -0.500. The van der Waals surface area contributed by atoms with E-state index in [1.807, 2.05) is 0 Å². The predicted octanol–water partition coefficient (Wildman–Crippen LogP) is 1.77. The van der Waals surface area contributed by atoms with E-state index in [9.17, 15) is 13.5 Å². The summed E-state index contributed by atoms with van der Waals surface area (Å²) in [5, 5.41) is 10.2. The number of rotatable bonds is 4. The highest BCUT2D eigenvalue weighted by atomic mass is 32.2. The van der Waals surface area contributed by atoms with Crippen LogP contribution < -0.4 is 0 Å². The summed E-state index contributed by atoms with van der Waals surface area (Å²) in [6.07, 6.45) is 3.62. The molecule has 17 heavy (non-hydrogen) atoms. The zero-order chi connectivity index (χ0) is 12.9. The van der Waals surface area contributed by atoms with Crippen molar-refractivity contribution in [2.24, 2.45) is 16.7 Å². The third kappa shape index (κ3) is 1.76. The molecule has 0 aromatic heterocycles. The van der Waals surface area contributed by atoms with E-state index >= 15 is 0 Å². The van der Waals surface area contributed by atoms with Crippen molar-refractivity contribution in [3.05, 3.63) is 12.7 Å². The molecule has 98 valence electrons. The SMILES string of the molecule is C=CCS(=O)(=O)C[C@]12CC[C@H](C[C@H]1O)C2(C)C. The summed E-state index contributed by atoms with van der Waals surface area (Å²) in [7, 11) is -3.14. The number of sulfone groups is 1. The van der Waals surface area contributed by atoms with Crippen molar-refractivity contribution in [1.82, 2.24) is 0 Å². The van der Waals surface area contributed by atoms with Crippen molar-refractivity contribution in [3.63, 3.8) is 0 Å². The van der Waals surface area contributed by atoms with Crippen LogP contribution >= 0.6 is 0 Å². The summed E-state index contributed by atoms with van der Waals surface area (Å²) in [6, 6.07) is 0. The number of aliphatic hydroxyl groups is 1. The lowest BCUT2D eigenvalue weighted by atomic mass is 9.70. The fourth-order valence-electron chi connectivity index (χ4n) is 4.01. The second-order valence-electron chi connectivity index (χ2n) is 6.21. The van der Waals surface area contributed by atoms with Gasteiger partial charge in [0.15, 0.2) is 9.84 Å². The Hall–Kier alpha value is -0.350. The van der Waals surface area contributed by atoms with Gasteiger partial charge < -0.3 is 5.11 Å². The number of fused-ring (bicyclic) bond motifs is 2. The maximum atomic E-state index is 12.0. The van der Waals surface area contributed by atoms with Crippen molar-refractivity contribution < 1.29 is 13.5 Å². The molecule has 3 atom stereocenters. The zero-order valence-electron chi connectivity index (χ0n) is 10.6. The topological polar surface area (TPSA) is 54.4 Å². The first-order chi connectivity index (χ1) is 7.75. The number of aliphatic hydroxyl groups excluding tert-OH is 1. The minimum atomic E-state index is -3.14.